The summed E-state index contributed by atoms with van der Waals surface area (Å²) in [6.07, 6.45) is 6.75. The molecule has 0 bridgehead atoms. The Morgan fingerprint density at radius 3 is 2.96 bits per heavy atom. The minimum atomic E-state index is -0.388. The number of hydrogen-bond donors (Lipinski definition) is 0. The van der Waals surface area contributed by atoms with Crippen molar-refractivity contribution in [1.82, 2.24) is 14.5 Å². The number of aromatic nitrogens is 2. The van der Waals surface area contributed by atoms with Crippen LogP contribution < -0.4 is 4.74 Å². The molecule has 2 heterocycles. The Labute approximate surface area is 147 Å². The summed E-state index contributed by atoms with van der Waals surface area (Å²) in [5.74, 6) is 0.942. The van der Waals surface area contributed by atoms with Gasteiger partial charge in [0.25, 0.3) is 0 Å². The second-order valence-corrected chi connectivity index (χ2v) is 6.49. The molecule has 1 aromatic carbocycles. The molecule has 25 heavy (non-hydrogen) atoms. The standard InChI is InChI=1S/C19H24FN3O2/c1-14-21-9-11-23(14)16-4-3-10-22(13-16)19(24)8-6-15-5-7-18(25-2)17(20)12-15/h5,7,9,11-12,16H,3-4,6,8,10,13H2,1-2H3/t16-/m0/s1. The molecular weight excluding hydrogens is 321 g/mol. The first-order chi connectivity index (χ1) is 12.1. The highest BCUT2D eigenvalue weighted by molar-refractivity contribution is 5.76. The molecule has 0 saturated carbocycles. The van der Waals surface area contributed by atoms with Crippen molar-refractivity contribution in [2.45, 2.75) is 38.6 Å². The van der Waals surface area contributed by atoms with E-state index in [4.69, 9.17) is 4.74 Å². The Kier molecular flexibility index (Phi) is 5.36. The van der Waals surface area contributed by atoms with Crippen molar-refractivity contribution in [3.8, 4) is 5.75 Å². The van der Waals surface area contributed by atoms with E-state index in [2.05, 4.69) is 9.55 Å². The Bertz CT molecular complexity index is 744. The molecule has 2 aromatic rings. The maximum atomic E-state index is 13.7. The Morgan fingerprint density at radius 2 is 2.28 bits per heavy atom. The highest BCUT2D eigenvalue weighted by Crippen LogP contribution is 2.24. The average Bonchev–Trinajstić information content (AvgIpc) is 3.06. The Balaban J connectivity index is 1.57. The Hall–Kier alpha value is -2.37. The van der Waals surface area contributed by atoms with Crippen LogP contribution in [0.2, 0.25) is 0 Å². The second-order valence-electron chi connectivity index (χ2n) is 6.49. The van der Waals surface area contributed by atoms with E-state index < -0.39 is 0 Å². The number of likely N-dealkylation sites (tertiary alicyclic amines) is 1. The molecule has 6 heteroatoms. The number of amides is 1. The zero-order valence-electron chi connectivity index (χ0n) is 14.7. The molecule has 0 unspecified atom stereocenters. The summed E-state index contributed by atoms with van der Waals surface area (Å²) in [6.45, 7) is 3.49. The van der Waals surface area contributed by atoms with Crippen LogP contribution in [0, 0.1) is 12.7 Å². The fourth-order valence-electron chi connectivity index (χ4n) is 3.46. The summed E-state index contributed by atoms with van der Waals surface area (Å²) in [5.41, 5.74) is 0.811. The Morgan fingerprint density at radius 1 is 1.44 bits per heavy atom. The van der Waals surface area contributed by atoms with E-state index in [-0.39, 0.29) is 17.5 Å². The molecule has 1 aromatic heterocycles. The van der Waals surface area contributed by atoms with Crippen molar-refractivity contribution >= 4 is 5.91 Å². The molecule has 1 aliphatic rings. The zero-order chi connectivity index (χ0) is 17.8. The minimum absolute atomic E-state index is 0.124. The number of carbonyl (C=O) groups is 1. The number of halogens is 1. The van der Waals surface area contributed by atoms with Gasteiger partial charge in [-0.1, -0.05) is 6.07 Å². The van der Waals surface area contributed by atoms with Crippen molar-refractivity contribution < 1.29 is 13.9 Å². The van der Waals surface area contributed by atoms with Crippen LogP contribution in [0.4, 0.5) is 4.39 Å². The summed E-state index contributed by atoms with van der Waals surface area (Å²) >= 11 is 0. The predicted molar refractivity (Wildman–Crippen MR) is 93.1 cm³/mol. The van der Waals surface area contributed by atoms with Crippen LogP contribution in [0.1, 0.15) is 36.7 Å². The number of benzene rings is 1. The molecular formula is C19H24FN3O2. The third-order valence-corrected chi connectivity index (χ3v) is 4.85. The molecule has 1 amide bonds. The van der Waals surface area contributed by atoms with Gasteiger partial charge in [0.1, 0.15) is 5.82 Å². The number of ether oxygens (including phenoxy) is 1. The zero-order valence-corrected chi connectivity index (χ0v) is 14.7. The van der Waals surface area contributed by atoms with Gasteiger partial charge < -0.3 is 14.2 Å². The monoisotopic (exact) mass is 345 g/mol. The van der Waals surface area contributed by atoms with Crippen LogP contribution in [0.3, 0.4) is 0 Å². The van der Waals surface area contributed by atoms with Crippen molar-refractivity contribution in [2.24, 2.45) is 0 Å². The number of methoxy groups -OCH3 is 1. The fourth-order valence-corrected chi connectivity index (χ4v) is 3.46. The van der Waals surface area contributed by atoms with E-state index in [0.29, 0.717) is 25.4 Å². The molecule has 5 nitrogen and oxygen atoms in total. The van der Waals surface area contributed by atoms with Crippen molar-refractivity contribution in [2.75, 3.05) is 20.2 Å². The maximum Gasteiger partial charge on any atom is 0.222 e. The van der Waals surface area contributed by atoms with Crippen LogP contribution in [-0.4, -0.2) is 40.6 Å². The third-order valence-electron chi connectivity index (χ3n) is 4.85. The number of carbonyl (C=O) groups excluding carboxylic acids is 1. The minimum Gasteiger partial charge on any atom is -0.494 e. The molecule has 1 fully saturated rings. The van der Waals surface area contributed by atoms with Gasteiger partial charge in [-0.3, -0.25) is 4.79 Å². The van der Waals surface area contributed by atoms with Crippen molar-refractivity contribution in [3.05, 3.63) is 47.8 Å². The van der Waals surface area contributed by atoms with Gasteiger partial charge in [0.2, 0.25) is 5.91 Å². The number of nitrogens with zero attached hydrogens (tertiary/aromatic N) is 3. The average molecular weight is 345 g/mol. The lowest BCUT2D eigenvalue weighted by Gasteiger charge is -2.34. The van der Waals surface area contributed by atoms with E-state index in [9.17, 15) is 9.18 Å². The van der Waals surface area contributed by atoms with Crippen molar-refractivity contribution in [3.63, 3.8) is 0 Å². The predicted octanol–water partition coefficient (Wildman–Crippen LogP) is 3.14. The summed E-state index contributed by atoms with van der Waals surface area (Å²) in [6, 6.07) is 5.15. The smallest absolute Gasteiger partial charge is 0.222 e. The lowest BCUT2D eigenvalue weighted by atomic mass is 10.0. The number of aryl methyl sites for hydroxylation is 2. The van der Waals surface area contributed by atoms with Crippen LogP contribution >= 0.6 is 0 Å². The number of hydrogen-bond acceptors (Lipinski definition) is 3. The quantitative estimate of drug-likeness (QED) is 0.836. The molecule has 0 spiro atoms. The number of piperidine rings is 1. The molecule has 1 saturated heterocycles. The summed E-state index contributed by atoms with van der Waals surface area (Å²) in [5, 5.41) is 0. The lowest BCUT2D eigenvalue weighted by Crippen LogP contribution is -2.40. The molecule has 1 atom stereocenters. The first-order valence-corrected chi connectivity index (χ1v) is 8.68. The van der Waals surface area contributed by atoms with Crippen LogP contribution in [0.5, 0.6) is 5.75 Å². The summed E-state index contributed by atoms with van der Waals surface area (Å²) in [7, 11) is 1.44. The maximum absolute atomic E-state index is 13.7. The molecule has 1 aliphatic heterocycles. The molecule has 0 N–H and O–H groups in total. The van der Waals surface area contributed by atoms with E-state index >= 15 is 0 Å². The van der Waals surface area contributed by atoms with Gasteiger partial charge in [-0.15, -0.1) is 0 Å². The molecule has 134 valence electrons. The largest absolute Gasteiger partial charge is 0.494 e. The van der Waals surface area contributed by atoms with E-state index in [1.165, 1.54) is 13.2 Å². The van der Waals surface area contributed by atoms with Gasteiger partial charge in [-0.25, -0.2) is 9.37 Å². The lowest BCUT2D eigenvalue weighted by molar-refractivity contribution is -0.132. The van der Waals surface area contributed by atoms with Gasteiger partial charge in [-0.05, 0) is 43.9 Å². The van der Waals surface area contributed by atoms with Crippen molar-refractivity contribution in [1.29, 1.82) is 0 Å². The SMILES string of the molecule is COc1ccc(CCC(=O)N2CCC[C@H](n3ccnc3C)C2)cc1F. The topological polar surface area (TPSA) is 47.4 Å². The van der Waals surface area contributed by atoms with Gasteiger partial charge >= 0.3 is 0 Å². The van der Waals surface area contributed by atoms with Gasteiger partial charge in [0, 0.05) is 31.9 Å². The van der Waals surface area contributed by atoms with Gasteiger partial charge in [0.15, 0.2) is 11.6 Å². The second kappa shape index (κ2) is 7.68. The normalized spacial score (nSPS) is 17.6. The first-order valence-electron chi connectivity index (χ1n) is 8.68. The van der Waals surface area contributed by atoms with E-state index in [1.54, 1.807) is 12.3 Å². The molecule has 3 rings (SSSR count). The van der Waals surface area contributed by atoms with Crippen LogP contribution in [0.25, 0.3) is 0 Å². The summed E-state index contributed by atoms with van der Waals surface area (Å²) < 4.78 is 20.8. The number of rotatable bonds is 5. The van der Waals surface area contributed by atoms with Crippen LogP contribution in [-0.2, 0) is 11.2 Å². The fraction of sp³-hybridized carbons (Fsp3) is 0.474. The highest BCUT2D eigenvalue weighted by Gasteiger charge is 2.25. The van der Waals surface area contributed by atoms with Crippen LogP contribution in [0.15, 0.2) is 30.6 Å². The van der Waals surface area contributed by atoms with E-state index in [1.807, 2.05) is 24.1 Å². The van der Waals surface area contributed by atoms with Gasteiger partial charge in [-0.2, -0.15) is 0 Å². The third kappa shape index (κ3) is 4.00. The molecule has 0 radical (unpaired) electrons. The summed E-state index contributed by atoms with van der Waals surface area (Å²) in [4.78, 5) is 18.8. The first kappa shape index (κ1) is 17.5. The highest BCUT2D eigenvalue weighted by atomic mass is 19.1. The molecule has 0 aliphatic carbocycles. The van der Waals surface area contributed by atoms with Gasteiger partial charge in [0.05, 0.1) is 13.2 Å². The van der Waals surface area contributed by atoms with E-state index in [0.717, 1.165) is 30.8 Å². The number of imidazole rings is 1.